The fraction of sp³-hybridized carbons (Fsp3) is 0.176. The van der Waals surface area contributed by atoms with E-state index in [1.165, 1.54) is 22.5 Å². The van der Waals surface area contributed by atoms with Crippen molar-refractivity contribution < 1.29 is 0 Å². The van der Waals surface area contributed by atoms with Gasteiger partial charge in [-0.15, -0.1) is 0 Å². The van der Waals surface area contributed by atoms with Gasteiger partial charge < -0.3 is 4.90 Å². The molecule has 1 heterocycles. The average molecular weight is 235 g/mol. The van der Waals surface area contributed by atoms with Crippen LogP contribution in [0.4, 0.5) is 5.69 Å². The molecule has 3 rings (SSSR count). The molecule has 1 aliphatic rings. The second kappa shape index (κ2) is 4.69. The molecule has 2 aromatic carbocycles. The highest BCUT2D eigenvalue weighted by molar-refractivity contribution is 5.56. The van der Waals surface area contributed by atoms with Gasteiger partial charge in [-0.1, -0.05) is 49.0 Å². The van der Waals surface area contributed by atoms with Gasteiger partial charge in [0.15, 0.2) is 0 Å². The van der Waals surface area contributed by atoms with Crippen LogP contribution >= 0.6 is 0 Å². The van der Waals surface area contributed by atoms with Crippen molar-refractivity contribution in [1.82, 2.24) is 0 Å². The third-order valence-electron chi connectivity index (χ3n) is 3.50. The van der Waals surface area contributed by atoms with Crippen molar-refractivity contribution in [1.29, 1.82) is 0 Å². The van der Waals surface area contributed by atoms with E-state index >= 15 is 0 Å². The van der Waals surface area contributed by atoms with E-state index in [9.17, 15) is 0 Å². The van der Waals surface area contributed by atoms with Gasteiger partial charge in [-0.25, -0.2) is 0 Å². The zero-order valence-corrected chi connectivity index (χ0v) is 10.5. The third kappa shape index (κ3) is 2.17. The van der Waals surface area contributed by atoms with Crippen LogP contribution in [0.25, 0.3) is 0 Å². The molecule has 90 valence electrons. The Hall–Kier alpha value is -2.02. The molecule has 0 amide bonds. The molecule has 1 nitrogen and oxygen atoms in total. The number of nitrogens with zero attached hydrogens (tertiary/aromatic N) is 1. The van der Waals surface area contributed by atoms with E-state index in [1.54, 1.807) is 0 Å². The maximum atomic E-state index is 4.03. The highest BCUT2D eigenvalue weighted by Gasteiger charge is 2.18. The lowest BCUT2D eigenvalue weighted by atomic mass is 10.0. The molecule has 0 atom stereocenters. The molecule has 1 aliphatic heterocycles. The first-order chi connectivity index (χ1) is 8.83. The molecule has 1 fully saturated rings. The van der Waals surface area contributed by atoms with Gasteiger partial charge in [0, 0.05) is 24.4 Å². The van der Waals surface area contributed by atoms with Crippen LogP contribution in [-0.4, -0.2) is 6.54 Å². The van der Waals surface area contributed by atoms with Gasteiger partial charge >= 0.3 is 0 Å². The SMILES string of the molecule is C=C1CCN1c1ccc(Cc2ccccc2)cc1. The minimum Gasteiger partial charge on any atom is -0.345 e. The van der Waals surface area contributed by atoms with Gasteiger partial charge in [0.1, 0.15) is 0 Å². The summed E-state index contributed by atoms with van der Waals surface area (Å²) in [6.45, 7) is 5.14. The topological polar surface area (TPSA) is 3.24 Å². The fourth-order valence-corrected chi connectivity index (χ4v) is 2.32. The maximum Gasteiger partial charge on any atom is 0.0408 e. The molecule has 0 aromatic heterocycles. The van der Waals surface area contributed by atoms with Crippen LogP contribution in [0.1, 0.15) is 17.5 Å². The number of hydrogen-bond donors (Lipinski definition) is 0. The molecule has 0 bridgehead atoms. The number of rotatable bonds is 3. The summed E-state index contributed by atoms with van der Waals surface area (Å²) in [6.07, 6.45) is 2.13. The van der Waals surface area contributed by atoms with E-state index in [1.807, 2.05) is 0 Å². The van der Waals surface area contributed by atoms with E-state index in [0.29, 0.717) is 0 Å². The second-order valence-electron chi connectivity index (χ2n) is 4.80. The fourth-order valence-electron chi connectivity index (χ4n) is 2.32. The van der Waals surface area contributed by atoms with Crippen molar-refractivity contribution in [3.05, 3.63) is 78.0 Å². The van der Waals surface area contributed by atoms with Crippen molar-refractivity contribution >= 4 is 5.69 Å². The summed E-state index contributed by atoms with van der Waals surface area (Å²) in [5.41, 5.74) is 5.21. The van der Waals surface area contributed by atoms with Crippen molar-refractivity contribution in [3.63, 3.8) is 0 Å². The normalized spacial score (nSPS) is 14.4. The lowest BCUT2D eigenvalue weighted by Crippen LogP contribution is -2.33. The van der Waals surface area contributed by atoms with Crippen molar-refractivity contribution in [2.45, 2.75) is 12.8 Å². The Labute approximate surface area is 108 Å². The number of benzene rings is 2. The predicted octanol–water partition coefficient (Wildman–Crippen LogP) is 4.00. The molecule has 2 aromatic rings. The molecule has 1 saturated heterocycles. The Bertz CT molecular complexity index is 540. The highest BCUT2D eigenvalue weighted by Crippen LogP contribution is 2.28. The molecule has 0 radical (unpaired) electrons. The minimum atomic E-state index is 1.00. The van der Waals surface area contributed by atoms with Gasteiger partial charge in [-0.2, -0.15) is 0 Å². The first-order valence-electron chi connectivity index (χ1n) is 6.41. The predicted molar refractivity (Wildman–Crippen MR) is 76.8 cm³/mol. The van der Waals surface area contributed by atoms with Crippen molar-refractivity contribution in [2.75, 3.05) is 11.4 Å². The summed E-state index contributed by atoms with van der Waals surface area (Å²) < 4.78 is 0. The summed E-state index contributed by atoms with van der Waals surface area (Å²) in [5.74, 6) is 0. The van der Waals surface area contributed by atoms with Crippen molar-refractivity contribution in [2.24, 2.45) is 0 Å². The lowest BCUT2D eigenvalue weighted by molar-refractivity contribution is 0.727. The molecule has 0 spiro atoms. The standard InChI is InChI=1S/C17H17N/c1-14-11-12-18(14)17-9-7-16(8-10-17)13-15-5-3-2-4-6-15/h2-10H,1,11-13H2. The van der Waals surface area contributed by atoms with Crippen molar-refractivity contribution in [3.8, 4) is 0 Å². The Kier molecular flexibility index (Phi) is 2.89. The summed E-state index contributed by atoms with van der Waals surface area (Å²) in [4.78, 5) is 2.27. The minimum absolute atomic E-state index is 1.00. The number of hydrogen-bond acceptors (Lipinski definition) is 1. The van der Waals surface area contributed by atoms with Gasteiger partial charge in [0.25, 0.3) is 0 Å². The molecule has 0 saturated carbocycles. The van der Waals surface area contributed by atoms with Crippen LogP contribution in [0, 0.1) is 0 Å². The Morgan fingerprint density at radius 3 is 2.11 bits per heavy atom. The van der Waals surface area contributed by atoms with E-state index in [4.69, 9.17) is 0 Å². The summed E-state index contributed by atoms with van der Waals surface area (Å²) >= 11 is 0. The molecule has 18 heavy (non-hydrogen) atoms. The Balaban J connectivity index is 1.73. The van der Waals surface area contributed by atoms with Crippen LogP contribution in [0.15, 0.2) is 66.9 Å². The van der Waals surface area contributed by atoms with Crippen LogP contribution in [-0.2, 0) is 6.42 Å². The highest BCUT2D eigenvalue weighted by atomic mass is 15.2. The lowest BCUT2D eigenvalue weighted by Gasteiger charge is -2.35. The van der Waals surface area contributed by atoms with Crippen LogP contribution in [0.2, 0.25) is 0 Å². The van der Waals surface area contributed by atoms with Gasteiger partial charge in [0.2, 0.25) is 0 Å². The monoisotopic (exact) mass is 235 g/mol. The molecule has 0 unspecified atom stereocenters. The molecule has 0 aliphatic carbocycles. The smallest absolute Gasteiger partial charge is 0.0408 e. The summed E-state index contributed by atoms with van der Waals surface area (Å²) in [7, 11) is 0. The first kappa shape index (κ1) is 11.1. The van der Waals surface area contributed by atoms with Gasteiger partial charge in [-0.3, -0.25) is 0 Å². The number of anilines is 1. The van der Waals surface area contributed by atoms with Gasteiger partial charge in [0.05, 0.1) is 0 Å². The van der Waals surface area contributed by atoms with E-state index in [-0.39, 0.29) is 0 Å². The van der Waals surface area contributed by atoms with Crippen LogP contribution < -0.4 is 4.90 Å². The largest absolute Gasteiger partial charge is 0.345 e. The molecular weight excluding hydrogens is 218 g/mol. The quantitative estimate of drug-likeness (QED) is 0.777. The average Bonchev–Trinajstić information content (AvgIpc) is 2.40. The van der Waals surface area contributed by atoms with E-state index in [2.05, 4.69) is 66.1 Å². The third-order valence-corrected chi connectivity index (χ3v) is 3.50. The van der Waals surface area contributed by atoms with E-state index < -0.39 is 0 Å². The maximum absolute atomic E-state index is 4.03. The Morgan fingerprint density at radius 1 is 0.889 bits per heavy atom. The summed E-state index contributed by atoms with van der Waals surface area (Å²) in [5, 5.41) is 0. The zero-order chi connectivity index (χ0) is 12.4. The van der Waals surface area contributed by atoms with E-state index in [0.717, 1.165) is 19.4 Å². The molecule has 1 heteroatoms. The first-order valence-corrected chi connectivity index (χ1v) is 6.41. The van der Waals surface area contributed by atoms with Crippen LogP contribution in [0.3, 0.4) is 0 Å². The summed E-state index contributed by atoms with van der Waals surface area (Å²) in [6, 6.07) is 19.4. The zero-order valence-electron chi connectivity index (χ0n) is 10.5. The van der Waals surface area contributed by atoms with Gasteiger partial charge in [-0.05, 0) is 29.7 Å². The molecule has 0 N–H and O–H groups in total. The Morgan fingerprint density at radius 2 is 1.56 bits per heavy atom. The van der Waals surface area contributed by atoms with Crippen LogP contribution in [0.5, 0.6) is 0 Å². The molecular formula is C17H17N. The second-order valence-corrected chi connectivity index (χ2v) is 4.80.